The molecule has 1 aromatic heterocycles. The molecule has 2 rings (SSSR count). The molecule has 4 nitrogen and oxygen atoms in total. The molecule has 2 N–H and O–H groups in total. The number of nitrogens with zero attached hydrogens (tertiary/aromatic N) is 1. The molecule has 5 heteroatoms. The second kappa shape index (κ2) is 5.98. The molecule has 2 atom stereocenters. The highest BCUT2D eigenvalue weighted by molar-refractivity contribution is 7.12. The van der Waals surface area contributed by atoms with Crippen LogP contribution >= 0.6 is 11.3 Å². The topological polar surface area (TPSA) is 73.1 Å². The molecule has 1 aromatic rings. The van der Waals surface area contributed by atoms with Gasteiger partial charge in [0.05, 0.1) is 18.4 Å². The Bertz CT molecular complexity index is 464. The molecule has 1 heterocycles. The number of carbonyl (C=O) groups is 1. The van der Waals surface area contributed by atoms with Crippen molar-refractivity contribution in [2.75, 3.05) is 0 Å². The van der Waals surface area contributed by atoms with E-state index in [4.69, 9.17) is 10.4 Å². The minimum atomic E-state index is -0.795. The van der Waals surface area contributed by atoms with Gasteiger partial charge in [-0.25, -0.2) is 0 Å². The summed E-state index contributed by atoms with van der Waals surface area (Å²) >= 11 is 1.53. The standard InChI is InChI=1S/C13H16N2O2S/c14-7-9-2-1-3-12(9)15-8-11-5-4-10(18-11)6-13(16)17/h4-5,9,12,15H,1-3,6,8H2,(H,16,17). The molecule has 0 aromatic carbocycles. The zero-order chi connectivity index (χ0) is 13.0. The van der Waals surface area contributed by atoms with E-state index in [1.807, 2.05) is 12.1 Å². The van der Waals surface area contributed by atoms with Gasteiger partial charge in [0, 0.05) is 22.3 Å². The SMILES string of the molecule is N#CC1CCCC1NCc1ccc(CC(=O)O)s1. The summed E-state index contributed by atoms with van der Waals surface area (Å²) in [5.41, 5.74) is 0. The number of nitriles is 1. The van der Waals surface area contributed by atoms with Gasteiger partial charge >= 0.3 is 5.97 Å². The number of carboxylic acid groups (broad SMARTS) is 1. The number of aliphatic carboxylic acids is 1. The van der Waals surface area contributed by atoms with Crippen LogP contribution in [-0.4, -0.2) is 17.1 Å². The van der Waals surface area contributed by atoms with Crippen LogP contribution in [0.5, 0.6) is 0 Å². The molecule has 0 spiro atoms. The number of carboxylic acids is 1. The van der Waals surface area contributed by atoms with Crippen molar-refractivity contribution in [2.45, 2.75) is 38.3 Å². The van der Waals surface area contributed by atoms with Gasteiger partial charge in [-0.1, -0.05) is 6.42 Å². The third-order valence-electron chi connectivity index (χ3n) is 3.26. The Hall–Kier alpha value is -1.38. The average Bonchev–Trinajstić information content (AvgIpc) is 2.93. The molecule has 1 aliphatic carbocycles. The van der Waals surface area contributed by atoms with Gasteiger partial charge in [-0.2, -0.15) is 5.26 Å². The number of thiophene rings is 1. The first-order valence-corrected chi connectivity index (χ1v) is 6.93. The van der Waals surface area contributed by atoms with Crippen molar-refractivity contribution < 1.29 is 9.90 Å². The summed E-state index contributed by atoms with van der Waals surface area (Å²) in [5, 5.41) is 21.1. The van der Waals surface area contributed by atoms with Gasteiger partial charge in [0.15, 0.2) is 0 Å². The highest BCUT2D eigenvalue weighted by atomic mass is 32.1. The summed E-state index contributed by atoms with van der Waals surface area (Å²) < 4.78 is 0. The zero-order valence-electron chi connectivity index (χ0n) is 10.1. The molecule has 1 fully saturated rings. The average molecular weight is 264 g/mol. The fourth-order valence-corrected chi connectivity index (χ4v) is 3.31. The molecule has 2 unspecified atom stereocenters. The largest absolute Gasteiger partial charge is 0.481 e. The maximum Gasteiger partial charge on any atom is 0.308 e. The first kappa shape index (κ1) is 13.1. The van der Waals surface area contributed by atoms with Crippen LogP contribution in [0.4, 0.5) is 0 Å². The van der Waals surface area contributed by atoms with Crippen LogP contribution in [0.1, 0.15) is 29.0 Å². The van der Waals surface area contributed by atoms with Crippen LogP contribution in [0.3, 0.4) is 0 Å². The van der Waals surface area contributed by atoms with E-state index in [0.29, 0.717) is 6.04 Å². The van der Waals surface area contributed by atoms with Crippen molar-refractivity contribution in [1.29, 1.82) is 5.26 Å². The predicted molar refractivity (Wildman–Crippen MR) is 69.2 cm³/mol. The summed E-state index contributed by atoms with van der Waals surface area (Å²) in [5.74, 6) is -0.667. The van der Waals surface area contributed by atoms with E-state index < -0.39 is 5.97 Å². The van der Waals surface area contributed by atoms with Gasteiger partial charge in [-0.05, 0) is 25.0 Å². The van der Waals surface area contributed by atoms with E-state index >= 15 is 0 Å². The van der Waals surface area contributed by atoms with E-state index in [1.165, 1.54) is 11.3 Å². The van der Waals surface area contributed by atoms with Crippen molar-refractivity contribution >= 4 is 17.3 Å². The van der Waals surface area contributed by atoms with E-state index in [1.54, 1.807) is 0 Å². The van der Waals surface area contributed by atoms with Crippen LogP contribution < -0.4 is 5.32 Å². The Labute approximate surface area is 110 Å². The van der Waals surface area contributed by atoms with Gasteiger partial charge in [0.25, 0.3) is 0 Å². The summed E-state index contributed by atoms with van der Waals surface area (Å²) in [6.45, 7) is 0.729. The summed E-state index contributed by atoms with van der Waals surface area (Å²) in [7, 11) is 0. The molecular formula is C13H16N2O2S. The molecule has 0 bridgehead atoms. The minimum Gasteiger partial charge on any atom is -0.481 e. The molecule has 1 saturated carbocycles. The van der Waals surface area contributed by atoms with E-state index in [0.717, 1.165) is 35.6 Å². The summed E-state index contributed by atoms with van der Waals surface area (Å²) in [4.78, 5) is 12.6. The number of hydrogen-bond acceptors (Lipinski definition) is 4. The second-order valence-electron chi connectivity index (χ2n) is 4.59. The van der Waals surface area contributed by atoms with Gasteiger partial charge in [0.2, 0.25) is 0 Å². The number of rotatable bonds is 5. The van der Waals surface area contributed by atoms with E-state index in [-0.39, 0.29) is 12.3 Å². The first-order valence-electron chi connectivity index (χ1n) is 6.11. The van der Waals surface area contributed by atoms with Crippen LogP contribution in [0.2, 0.25) is 0 Å². The van der Waals surface area contributed by atoms with Crippen LogP contribution in [0.15, 0.2) is 12.1 Å². The van der Waals surface area contributed by atoms with Gasteiger partial charge in [-0.15, -0.1) is 11.3 Å². The number of hydrogen-bond donors (Lipinski definition) is 2. The maximum absolute atomic E-state index is 10.6. The zero-order valence-corrected chi connectivity index (χ0v) is 10.9. The summed E-state index contributed by atoms with van der Waals surface area (Å²) in [6, 6.07) is 6.47. The van der Waals surface area contributed by atoms with E-state index in [9.17, 15) is 4.79 Å². The molecule has 0 saturated heterocycles. The van der Waals surface area contributed by atoms with Gasteiger partial charge in [0.1, 0.15) is 0 Å². The van der Waals surface area contributed by atoms with E-state index in [2.05, 4.69) is 11.4 Å². The Morgan fingerprint density at radius 3 is 3.00 bits per heavy atom. The number of nitrogens with one attached hydrogen (secondary N) is 1. The van der Waals surface area contributed by atoms with Crippen molar-refractivity contribution in [3.8, 4) is 6.07 Å². The highest BCUT2D eigenvalue weighted by Gasteiger charge is 2.26. The highest BCUT2D eigenvalue weighted by Crippen LogP contribution is 2.25. The Balaban J connectivity index is 1.85. The van der Waals surface area contributed by atoms with Crippen LogP contribution in [0, 0.1) is 17.2 Å². The molecule has 96 valence electrons. The fourth-order valence-electron chi connectivity index (χ4n) is 2.35. The monoisotopic (exact) mass is 264 g/mol. The molecular weight excluding hydrogens is 248 g/mol. The van der Waals surface area contributed by atoms with Crippen LogP contribution in [-0.2, 0) is 17.8 Å². The lowest BCUT2D eigenvalue weighted by atomic mass is 10.1. The first-order chi connectivity index (χ1) is 8.69. The summed E-state index contributed by atoms with van der Waals surface area (Å²) in [6.07, 6.45) is 3.26. The van der Waals surface area contributed by atoms with Gasteiger partial charge < -0.3 is 10.4 Å². The molecule has 0 amide bonds. The van der Waals surface area contributed by atoms with Crippen molar-refractivity contribution in [1.82, 2.24) is 5.32 Å². The molecule has 1 aliphatic rings. The smallest absolute Gasteiger partial charge is 0.308 e. The molecule has 18 heavy (non-hydrogen) atoms. The third-order valence-corrected chi connectivity index (χ3v) is 4.35. The quantitative estimate of drug-likeness (QED) is 0.854. The van der Waals surface area contributed by atoms with Crippen molar-refractivity contribution in [2.24, 2.45) is 5.92 Å². The van der Waals surface area contributed by atoms with Crippen molar-refractivity contribution in [3.05, 3.63) is 21.9 Å². The van der Waals surface area contributed by atoms with Crippen LogP contribution in [0.25, 0.3) is 0 Å². The predicted octanol–water partition coefficient (Wildman–Crippen LogP) is 2.16. The normalized spacial score (nSPS) is 22.8. The lowest BCUT2D eigenvalue weighted by molar-refractivity contribution is -0.136. The Kier molecular flexibility index (Phi) is 4.34. The lowest BCUT2D eigenvalue weighted by Gasteiger charge is -2.14. The maximum atomic E-state index is 10.6. The molecule has 0 radical (unpaired) electrons. The Morgan fingerprint density at radius 1 is 1.50 bits per heavy atom. The lowest BCUT2D eigenvalue weighted by Crippen LogP contribution is -2.30. The third kappa shape index (κ3) is 3.31. The Morgan fingerprint density at radius 2 is 2.28 bits per heavy atom. The fraction of sp³-hybridized carbons (Fsp3) is 0.538. The minimum absolute atomic E-state index is 0.0922. The second-order valence-corrected chi connectivity index (χ2v) is 5.85. The van der Waals surface area contributed by atoms with Gasteiger partial charge in [-0.3, -0.25) is 4.79 Å². The molecule has 0 aliphatic heterocycles. The van der Waals surface area contributed by atoms with Crippen molar-refractivity contribution in [3.63, 3.8) is 0 Å².